The van der Waals surface area contributed by atoms with Crippen LogP contribution in [0.4, 0.5) is 4.79 Å². The topological polar surface area (TPSA) is 41.6 Å². The first kappa shape index (κ1) is 13.2. The fourth-order valence-corrected chi connectivity index (χ4v) is 3.79. The molecule has 1 spiro atoms. The van der Waals surface area contributed by atoms with Crippen LogP contribution >= 0.6 is 0 Å². The highest BCUT2D eigenvalue weighted by Gasteiger charge is 2.57. The van der Waals surface area contributed by atoms with Gasteiger partial charge in [-0.05, 0) is 58.9 Å². The minimum atomic E-state index is -0.393. The molecule has 2 unspecified atom stereocenters. The number of hydrogen-bond donors (Lipinski definition) is 1. The van der Waals surface area contributed by atoms with Crippen molar-refractivity contribution in [2.75, 3.05) is 19.6 Å². The summed E-state index contributed by atoms with van der Waals surface area (Å²) in [7, 11) is 0. The van der Waals surface area contributed by atoms with Crippen LogP contribution in [0.2, 0.25) is 0 Å². The van der Waals surface area contributed by atoms with Crippen LogP contribution in [0.3, 0.4) is 0 Å². The standard InChI is InChI=1S/C15H26N2O2/c1-14(2,3)19-13(18)17-9-11-5-4-8-16-12(11)15(10-17)6-7-15/h11-12,16H,4-10H2,1-3H3. The molecule has 0 radical (unpaired) electrons. The van der Waals surface area contributed by atoms with E-state index in [0.717, 1.165) is 19.6 Å². The maximum atomic E-state index is 12.3. The highest BCUT2D eigenvalue weighted by molar-refractivity contribution is 5.68. The zero-order valence-electron chi connectivity index (χ0n) is 12.4. The third kappa shape index (κ3) is 2.60. The van der Waals surface area contributed by atoms with Crippen LogP contribution in [-0.2, 0) is 4.74 Å². The van der Waals surface area contributed by atoms with Crippen molar-refractivity contribution in [1.29, 1.82) is 0 Å². The van der Waals surface area contributed by atoms with E-state index in [1.807, 2.05) is 25.7 Å². The van der Waals surface area contributed by atoms with Crippen molar-refractivity contribution < 1.29 is 9.53 Å². The number of amides is 1. The van der Waals surface area contributed by atoms with Crippen LogP contribution < -0.4 is 5.32 Å². The van der Waals surface area contributed by atoms with Crippen molar-refractivity contribution in [3.8, 4) is 0 Å². The average Bonchev–Trinajstić information content (AvgIpc) is 3.07. The van der Waals surface area contributed by atoms with E-state index < -0.39 is 5.60 Å². The Bertz CT molecular complexity index is 371. The molecule has 3 aliphatic rings. The van der Waals surface area contributed by atoms with Crippen LogP contribution in [-0.4, -0.2) is 42.3 Å². The second-order valence-corrected chi connectivity index (χ2v) is 7.56. The molecule has 1 saturated carbocycles. The van der Waals surface area contributed by atoms with Gasteiger partial charge < -0.3 is 15.0 Å². The van der Waals surface area contributed by atoms with Gasteiger partial charge in [-0.1, -0.05) is 0 Å². The van der Waals surface area contributed by atoms with Gasteiger partial charge in [-0.3, -0.25) is 0 Å². The van der Waals surface area contributed by atoms with Crippen molar-refractivity contribution in [1.82, 2.24) is 10.2 Å². The highest BCUT2D eigenvalue weighted by atomic mass is 16.6. The van der Waals surface area contributed by atoms with E-state index in [1.165, 1.54) is 25.7 Å². The molecule has 1 amide bonds. The van der Waals surface area contributed by atoms with Gasteiger partial charge in [0.1, 0.15) is 5.60 Å². The molecule has 3 rings (SSSR count). The van der Waals surface area contributed by atoms with Gasteiger partial charge in [0.15, 0.2) is 0 Å². The summed E-state index contributed by atoms with van der Waals surface area (Å²) in [5.41, 5.74) is -0.0320. The normalized spacial score (nSPS) is 32.9. The Balaban J connectivity index is 1.70. The maximum absolute atomic E-state index is 12.3. The number of carbonyl (C=O) groups is 1. The first-order chi connectivity index (χ1) is 8.90. The van der Waals surface area contributed by atoms with Gasteiger partial charge in [0.2, 0.25) is 0 Å². The van der Waals surface area contributed by atoms with E-state index in [0.29, 0.717) is 17.4 Å². The number of nitrogens with zero attached hydrogens (tertiary/aromatic N) is 1. The summed E-state index contributed by atoms with van der Waals surface area (Å²) in [6, 6.07) is 0.639. The van der Waals surface area contributed by atoms with Crippen molar-refractivity contribution in [2.24, 2.45) is 11.3 Å². The summed E-state index contributed by atoms with van der Waals surface area (Å²) in [6.45, 7) is 8.71. The second kappa shape index (κ2) is 4.37. The third-order valence-electron chi connectivity index (χ3n) is 4.75. The molecule has 0 bridgehead atoms. The molecule has 2 heterocycles. The molecule has 4 heteroatoms. The Kier molecular flexibility index (Phi) is 3.04. The van der Waals surface area contributed by atoms with Gasteiger partial charge in [0.05, 0.1) is 0 Å². The summed E-state index contributed by atoms with van der Waals surface area (Å²) >= 11 is 0. The van der Waals surface area contributed by atoms with Gasteiger partial charge in [-0.2, -0.15) is 0 Å². The minimum Gasteiger partial charge on any atom is -0.444 e. The van der Waals surface area contributed by atoms with Crippen molar-refractivity contribution in [3.05, 3.63) is 0 Å². The van der Waals surface area contributed by atoms with Gasteiger partial charge in [-0.25, -0.2) is 4.79 Å². The number of nitrogens with one attached hydrogen (secondary N) is 1. The smallest absolute Gasteiger partial charge is 0.410 e. The van der Waals surface area contributed by atoms with E-state index in [1.54, 1.807) is 0 Å². The monoisotopic (exact) mass is 266 g/mol. The van der Waals surface area contributed by atoms with E-state index in [4.69, 9.17) is 4.74 Å². The molecule has 1 N–H and O–H groups in total. The van der Waals surface area contributed by atoms with Gasteiger partial charge >= 0.3 is 6.09 Å². The second-order valence-electron chi connectivity index (χ2n) is 7.56. The van der Waals surface area contributed by atoms with Crippen LogP contribution in [0.15, 0.2) is 0 Å². The van der Waals surface area contributed by atoms with E-state index in [-0.39, 0.29) is 6.09 Å². The van der Waals surface area contributed by atoms with E-state index >= 15 is 0 Å². The highest BCUT2D eigenvalue weighted by Crippen LogP contribution is 2.54. The summed E-state index contributed by atoms with van der Waals surface area (Å²) in [6.07, 6.45) is 4.89. The van der Waals surface area contributed by atoms with Crippen molar-refractivity contribution >= 4 is 6.09 Å². The third-order valence-corrected chi connectivity index (χ3v) is 4.75. The number of rotatable bonds is 0. The minimum absolute atomic E-state index is 0.122. The molecule has 1 aliphatic carbocycles. The number of fused-ring (bicyclic) bond motifs is 2. The molecular formula is C15H26N2O2. The SMILES string of the molecule is CC(C)(C)OC(=O)N1CC2CCCNC2C2(CC2)C1. The lowest BCUT2D eigenvalue weighted by Crippen LogP contribution is -2.60. The molecule has 0 aromatic rings. The Morgan fingerprint density at radius 3 is 2.74 bits per heavy atom. The molecule has 0 aromatic carbocycles. The lowest BCUT2D eigenvalue weighted by molar-refractivity contribution is -0.00548. The van der Waals surface area contributed by atoms with Gasteiger partial charge in [0, 0.05) is 24.5 Å². The lowest BCUT2D eigenvalue weighted by Gasteiger charge is -2.47. The number of carbonyl (C=O) groups excluding carboxylic acids is 1. The molecule has 2 saturated heterocycles. The quantitative estimate of drug-likeness (QED) is 0.732. The molecule has 3 fully saturated rings. The Morgan fingerprint density at radius 1 is 1.37 bits per heavy atom. The molecule has 108 valence electrons. The number of likely N-dealkylation sites (tertiary alicyclic amines) is 1. The number of ether oxygens (including phenoxy) is 1. The van der Waals surface area contributed by atoms with Gasteiger partial charge in [-0.15, -0.1) is 0 Å². The molecule has 2 atom stereocenters. The van der Waals surface area contributed by atoms with Crippen LogP contribution in [0.1, 0.15) is 46.5 Å². The number of piperidine rings is 2. The molecule has 2 aliphatic heterocycles. The average molecular weight is 266 g/mol. The maximum Gasteiger partial charge on any atom is 0.410 e. The fraction of sp³-hybridized carbons (Fsp3) is 0.933. The summed E-state index contributed by atoms with van der Waals surface area (Å²) in [4.78, 5) is 14.3. The lowest BCUT2D eigenvalue weighted by atomic mass is 9.77. The van der Waals surface area contributed by atoms with Crippen molar-refractivity contribution in [3.63, 3.8) is 0 Å². The summed E-state index contributed by atoms with van der Waals surface area (Å²) in [5.74, 6) is 0.623. The van der Waals surface area contributed by atoms with Crippen LogP contribution in [0, 0.1) is 11.3 Å². The largest absolute Gasteiger partial charge is 0.444 e. The van der Waals surface area contributed by atoms with Gasteiger partial charge in [0.25, 0.3) is 0 Å². The Labute approximate surface area is 115 Å². The fourth-order valence-electron chi connectivity index (χ4n) is 3.79. The Hall–Kier alpha value is -0.770. The summed E-state index contributed by atoms with van der Waals surface area (Å²) < 4.78 is 5.54. The molecule has 0 aromatic heterocycles. The zero-order chi connectivity index (χ0) is 13.7. The van der Waals surface area contributed by atoms with E-state index in [9.17, 15) is 4.79 Å². The predicted octanol–water partition coefficient (Wildman–Crippen LogP) is 2.39. The first-order valence-electron chi connectivity index (χ1n) is 7.61. The first-order valence-corrected chi connectivity index (χ1v) is 7.61. The molecule has 19 heavy (non-hydrogen) atoms. The van der Waals surface area contributed by atoms with E-state index in [2.05, 4.69) is 5.32 Å². The number of hydrogen-bond acceptors (Lipinski definition) is 3. The van der Waals surface area contributed by atoms with Crippen LogP contribution in [0.25, 0.3) is 0 Å². The molecule has 4 nitrogen and oxygen atoms in total. The Morgan fingerprint density at radius 2 is 2.11 bits per heavy atom. The molecular weight excluding hydrogens is 240 g/mol. The zero-order valence-corrected chi connectivity index (χ0v) is 12.4. The predicted molar refractivity (Wildman–Crippen MR) is 74.0 cm³/mol. The summed E-state index contributed by atoms with van der Waals surface area (Å²) in [5, 5.41) is 3.70. The van der Waals surface area contributed by atoms with Crippen LogP contribution in [0.5, 0.6) is 0 Å². The van der Waals surface area contributed by atoms with Crippen molar-refractivity contribution in [2.45, 2.75) is 58.1 Å².